The zero-order chi connectivity index (χ0) is 13.5. The Morgan fingerprint density at radius 2 is 2.06 bits per heavy atom. The quantitative estimate of drug-likeness (QED) is 0.773. The maximum atomic E-state index is 10.2. The molecule has 0 saturated carbocycles. The smallest absolute Gasteiger partial charge is 0.0856 e. The van der Waals surface area contributed by atoms with E-state index in [1.54, 1.807) is 0 Å². The predicted octanol–water partition coefficient (Wildman–Crippen LogP) is 2.18. The highest BCUT2D eigenvalue weighted by Crippen LogP contribution is 2.13. The number of aryl methyl sites for hydroxylation is 2. The minimum atomic E-state index is -0.457. The van der Waals surface area contributed by atoms with Crippen LogP contribution in [0.5, 0.6) is 0 Å². The molecule has 2 unspecified atom stereocenters. The van der Waals surface area contributed by atoms with E-state index in [1.807, 2.05) is 18.5 Å². The lowest BCUT2D eigenvalue weighted by molar-refractivity contribution is -0.0341. The fourth-order valence-corrected chi connectivity index (χ4v) is 2.19. The number of hydrogen-bond donors (Lipinski definition) is 1. The van der Waals surface area contributed by atoms with Crippen molar-refractivity contribution in [2.75, 3.05) is 6.61 Å². The van der Waals surface area contributed by atoms with E-state index in [4.69, 9.17) is 4.74 Å². The number of nitrogens with zero attached hydrogens (tertiary/aromatic N) is 2. The highest BCUT2D eigenvalue weighted by Gasteiger charge is 2.20. The van der Waals surface area contributed by atoms with E-state index < -0.39 is 6.10 Å². The fraction of sp³-hybridized carbons (Fsp3) is 0.786. The molecule has 0 aliphatic rings. The summed E-state index contributed by atoms with van der Waals surface area (Å²) in [6.07, 6.45) is 1.83. The Balaban J connectivity index is 2.73. The Hall–Kier alpha value is -0.870. The molecule has 2 atom stereocenters. The van der Waals surface area contributed by atoms with Gasteiger partial charge in [0, 0.05) is 25.3 Å². The molecule has 0 aliphatic heterocycles. The fourth-order valence-electron chi connectivity index (χ4n) is 2.19. The first-order valence-electron chi connectivity index (χ1n) is 7.01. The first kappa shape index (κ1) is 15.2. The Morgan fingerprint density at radius 3 is 2.56 bits per heavy atom. The molecule has 1 N–H and O–H groups in total. The van der Waals surface area contributed by atoms with Crippen molar-refractivity contribution in [2.45, 2.75) is 65.7 Å². The number of aliphatic hydroxyl groups excluding tert-OH is 1. The minimum absolute atomic E-state index is 0.0831. The molecule has 104 valence electrons. The molecule has 0 amide bonds. The van der Waals surface area contributed by atoms with Gasteiger partial charge in [0.1, 0.15) is 0 Å². The lowest BCUT2D eigenvalue weighted by Crippen LogP contribution is -2.31. The van der Waals surface area contributed by atoms with Crippen LogP contribution in [0.3, 0.4) is 0 Å². The van der Waals surface area contributed by atoms with Crippen LogP contribution in [-0.4, -0.2) is 33.7 Å². The van der Waals surface area contributed by atoms with Crippen LogP contribution < -0.4 is 0 Å². The molecule has 0 spiro atoms. The van der Waals surface area contributed by atoms with Crippen LogP contribution in [0.25, 0.3) is 0 Å². The molecule has 0 radical (unpaired) electrons. The van der Waals surface area contributed by atoms with Gasteiger partial charge < -0.3 is 9.84 Å². The maximum absolute atomic E-state index is 10.2. The van der Waals surface area contributed by atoms with Crippen LogP contribution >= 0.6 is 0 Å². The van der Waals surface area contributed by atoms with Gasteiger partial charge in [0.25, 0.3) is 0 Å². The molecule has 4 nitrogen and oxygen atoms in total. The summed E-state index contributed by atoms with van der Waals surface area (Å²) in [7, 11) is 0. The van der Waals surface area contributed by atoms with E-state index in [0.717, 1.165) is 30.8 Å². The van der Waals surface area contributed by atoms with E-state index in [-0.39, 0.29) is 6.10 Å². The summed E-state index contributed by atoms with van der Waals surface area (Å²) < 4.78 is 7.53. The second-order valence-corrected chi connectivity index (χ2v) is 4.47. The maximum Gasteiger partial charge on any atom is 0.0856 e. The molecule has 1 aromatic rings. The molecular formula is C14H26N2O2. The second-order valence-electron chi connectivity index (χ2n) is 4.47. The molecule has 1 aromatic heterocycles. The van der Waals surface area contributed by atoms with Crippen LogP contribution in [0.15, 0.2) is 6.07 Å². The summed E-state index contributed by atoms with van der Waals surface area (Å²) in [5.41, 5.74) is 2.18. The first-order chi connectivity index (χ1) is 8.65. The van der Waals surface area contributed by atoms with Crippen LogP contribution in [0.2, 0.25) is 0 Å². The number of rotatable bonds is 8. The minimum Gasteiger partial charge on any atom is -0.390 e. The average Bonchev–Trinajstić information content (AvgIpc) is 2.77. The van der Waals surface area contributed by atoms with Crippen molar-refractivity contribution in [2.24, 2.45) is 0 Å². The van der Waals surface area contributed by atoms with Gasteiger partial charge in [-0.15, -0.1) is 0 Å². The Labute approximate surface area is 110 Å². The zero-order valence-electron chi connectivity index (χ0n) is 12.0. The van der Waals surface area contributed by atoms with E-state index in [1.165, 1.54) is 0 Å². The van der Waals surface area contributed by atoms with E-state index >= 15 is 0 Å². The molecule has 0 fully saturated rings. The van der Waals surface area contributed by atoms with Gasteiger partial charge in [0.2, 0.25) is 0 Å². The van der Waals surface area contributed by atoms with Crippen LogP contribution in [0.1, 0.15) is 45.5 Å². The number of aromatic nitrogens is 2. The van der Waals surface area contributed by atoms with Gasteiger partial charge in [-0.1, -0.05) is 13.8 Å². The summed E-state index contributed by atoms with van der Waals surface area (Å²) in [4.78, 5) is 0. The summed E-state index contributed by atoms with van der Waals surface area (Å²) in [6, 6.07) is 2.09. The summed E-state index contributed by atoms with van der Waals surface area (Å²) in [5, 5.41) is 14.7. The molecule has 1 heterocycles. The summed E-state index contributed by atoms with van der Waals surface area (Å²) in [6.45, 7) is 9.65. The lowest BCUT2D eigenvalue weighted by atomic mass is 10.1. The zero-order valence-corrected chi connectivity index (χ0v) is 12.0. The van der Waals surface area contributed by atoms with Gasteiger partial charge in [-0.05, 0) is 32.8 Å². The highest BCUT2D eigenvalue weighted by molar-refractivity contribution is 5.11. The van der Waals surface area contributed by atoms with Gasteiger partial charge in [-0.25, -0.2) is 0 Å². The van der Waals surface area contributed by atoms with E-state index in [0.29, 0.717) is 13.0 Å². The van der Waals surface area contributed by atoms with Crippen molar-refractivity contribution in [3.05, 3.63) is 17.5 Å². The summed E-state index contributed by atoms with van der Waals surface area (Å²) >= 11 is 0. The Bertz CT molecular complexity index is 350. The van der Waals surface area contributed by atoms with Crippen molar-refractivity contribution in [1.29, 1.82) is 0 Å². The van der Waals surface area contributed by atoms with Crippen molar-refractivity contribution >= 4 is 0 Å². The van der Waals surface area contributed by atoms with Crippen LogP contribution in [-0.2, 0) is 24.1 Å². The SMILES string of the molecule is CCOC(CC)C(O)Cc1cc(CC)nn1CC. The molecule has 18 heavy (non-hydrogen) atoms. The van der Waals surface area contributed by atoms with Gasteiger partial charge in [-0.2, -0.15) is 5.10 Å². The van der Waals surface area contributed by atoms with Gasteiger partial charge in [-0.3, -0.25) is 4.68 Å². The number of hydrogen-bond acceptors (Lipinski definition) is 3. The van der Waals surface area contributed by atoms with E-state index in [2.05, 4.69) is 25.0 Å². The normalized spacial score (nSPS) is 14.7. The Morgan fingerprint density at radius 1 is 1.33 bits per heavy atom. The van der Waals surface area contributed by atoms with Crippen molar-refractivity contribution < 1.29 is 9.84 Å². The molecule has 0 aromatic carbocycles. The lowest BCUT2D eigenvalue weighted by Gasteiger charge is -2.21. The van der Waals surface area contributed by atoms with Crippen molar-refractivity contribution in [1.82, 2.24) is 9.78 Å². The highest BCUT2D eigenvalue weighted by atomic mass is 16.5. The third kappa shape index (κ3) is 3.82. The van der Waals surface area contributed by atoms with Crippen LogP contribution in [0, 0.1) is 0 Å². The molecule has 4 heteroatoms. The Kier molecular flexibility index (Phi) is 6.36. The van der Waals surface area contributed by atoms with Gasteiger partial charge in [0.05, 0.1) is 17.9 Å². The van der Waals surface area contributed by atoms with E-state index in [9.17, 15) is 5.11 Å². The van der Waals surface area contributed by atoms with Crippen LogP contribution in [0.4, 0.5) is 0 Å². The van der Waals surface area contributed by atoms with Crippen molar-refractivity contribution in [3.8, 4) is 0 Å². The predicted molar refractivity (Wildman–Crippen MR) is 72.7 cm³/mol. The molecule has 1 rings (SSSR count). The average molecular weight is 254 g/mol. The molecule has 0 bridgehead atoms. The standard InChI is InChI=1S/C14H26N2O2/c1-5-11-9-12(16(7-3)15-11)10-13(17)14(6-2)18-8-4/h9,13-14,17H,5-8,10H2,1-4H3. The molecular weight excluding hydrogens is 228 g/mol. The summed E-state index contributed by atoms with van der Waals surface area (Å²) in [5.74, 6) is 0. The van der Waals surface area contributed by atoms with Gasteiger partial charge >= 0.3 is 0 Å². The monoisotopic (exact) mass is 254 g/mol. The second kappa shape index (κ2) is 7.54. The van der Waals surface area contributed by atoms with Crippen molar-refractivity contribution in [3.63, 3.8) is 0 Å². The molecule has 0 aliphatic carbocycles. The topological polar surface area (TPSA) is 47.3 Å². The largest absolute Gasteiger partial charge is 0.390 e. The number of ether oxygens (including phenoxy) is 1. The third-order valence-electron chi connectivity index (χ3n) is 3.21. The first-order valence-corrected chi connectivity index (χ1v) is 7.01. The third-order valence-corrected chi connectivity index (χ3v) is 3.21. The molecule has 0 saturated heterocycles. The van der Waals surface area contributed by atoms with Gasteiger partial charge in [0.15, 0.2) is 0 Å². The number of aliphatic hydroxyl groups is 1.